The first-order chi connectivity index (χ1) is 10.1. The van der Waals surface area contributed by atoms with Crippen LogP contribution in [0.1, 0.15) is 50.1 Å². The third-order valence-corrected chi connectivity index (χ3v) is 6.72. The smallest absolute Gasteiger partial charge is 0.0362 e. The molecule has 1 saturated heterocycles. The van der Waals surface area contributed by atoms with Crippen molar-refractivity contribution in [1.82, 2.24) is 9.80 Å². The lowest BCUT2D eigenvalue weighted by Crippen LogP contribution is -2.61. The van der Waals surface area contributed by atoms with Crippen LogP contribution in [0.5, 0.6) is 0 Å². The highest BCUT2D eigenvalue weighted by Crippen LogP contribution is 2.40. The van der Waals surface area contributed by atoms with Crippen molar-refractivity contribution in [3.8, 4) is 0 Å². The molecule has 21 heavy (non-hydrogen) atoms. The predicted octanol–water partition coefficient (Wildman–Crippen LogP) is 2.87. The first-order valence-electron chi connectivity index (χ1n) is 8.34. The molecule has 1 unspecified atom stereocenters. The van der Waals surface area contributed by atoms with Gasteiger partial charge in [-0.1, -0.05) is 0 Å². The molecule has 0 saturated carbocycles. The molecule has 118 valence electrons. The molecule has 1 aromatic rings. The Labute approximate surface area is 133 Å². The molecular formula is C17H29N3S. The summed E-state index contributed by atoms with van der Waals surface area (Å²) in [5, 5.41) is 2.25. The molecule has 0 bridgehead atoms. The van der Waals surface area contributed by atoms with Crippen LogP contribution in [0, 0.1) is 0 Å². The Kier molecular flexibility index (Phi) is 4.42. The van der Waals surface area contributed by atoms with Crippen molar-refractivity contribution in [2.45, 2.75) is 57.7 Å². The van der Waals surface area contributed by atoms with Gasteiger partial charge in [0.25, 0.3) is 0 Å². The van der Waals surface area contributed by atoms with Crippen LogP contribution in [0.3, 0.4) is 0 Å². The molecule has 0 amide bonds. The van der Waals surface area contributed by atoms with Crippen molar-refractivity contribution in [3.63, 3.8) is 0 Å². The molecule has 1 aromatic heterocycles. The Morgan fingerprint density at radius 2 is 2.05 bits per heavy atom. The van der Waals surface area contributed by atoms with Crippen molar-refractivity contribution in [2.75, 3.05) is 26.2 Å². The molecule has 2 aliphatic heterocycles. The second-order valence-electron chi connectivity index (χ2n) is 6.98. The van der Waals surface area contributed by atoms with E-state index >= 15 is 0 Å². The van der Waals surface area contributed by atoms with Crippen LogP contribution in [0.15, 0.2) is 11.4 Å². The van der Waals surface area contributed by atoms with E-state index in [4.69, 9.17) is 5.73 Å². The van der Waals surface area contributed by atoms with Crippen LogP contribution >= 0.6 is 11.3 Å². The van der Waals surface area contributed by atoms with Crippen molar-refractivity contribution >= 4 is 11.3 Å². The van der Waals surface area contributed by atoms with Gasteiger partial charge in [0.05, 0.1) is 0 Å². The van der Waals surface area contributed by atoms with Crippen molar-refractivity contribution < 1.29 is 0 Å². The summed E-state index contributed by atoms with van der Waals surface area (Å²) in [7, 11) is 0. The lowest BCUT2D eigenvalue weighted by atomic mass is 9.82. The van der Waals surface area contributed by atoms with E-state index < -0.39 is 0 Å². The average Bonchev–Trinajstić information content (AvgIpc) is 2.97. The Hall–Kier alpha value is -0.420. The fraction of sp³-hybridized carbons (Fsp3) is 0.765. The highest BCUT2D eigenvalue weighted by atomic mass is 32.1. The van der Waals surface area contributed by atoms with Gasteiger partial charge in [-0.2, -0.15) is 0 Å². The van der Waals surface area contributed by atoms with Crippen LogP contribution in [-0.4, -0.2) is 47.6 Å². The van der Waals surface area contributed by atoms with E-state index in [1.165, 1.54) is 38.9 Å². The van der Waals surface area contributed by atoms with Gasteiger partial charge in [0.2, 0.25) is 0 Å². The highest BCUT2D eigenvalue weighted by molar-refractivity contribution is 7.10. The van der Waals surface area contributed by atoms with Gasteiger partial charge in [0, 0.05) is 48.7 Å². The number of nitrogens with two attached hydrogens (primary N) is 1. The van der Waals surface area contributed by atoms with Crippen molar-refractivity contribution in [2.24, 2.45) is 5.73 Å². The summed E-state index contributed by atoms with van der Waals surface area (Å²) >= 11 is 1.92. The number of thiophene rings is 1. The van der Waals surface area contributed by atoms with E-state index in [-0.39, 0.29) is 5.54 Å². The Bertz CT molecular complexity index is 474. The standard InChI is InChI=1S/C17H29N3S/c1-13(2)19-9-6-17(12-18,7-10-19)20-8-4-16-15(14(20)3)5-11-21-16/h5,11,13-14H,4,6-10,12,18H2,1-3H3. The molecule has 0 aliphatic carbocycles. The van der Waals surface area contributed by atoms with Gasteiger partial charge in [-0.15, -0.1) is 11.3 Å². The first-order valence-corrected chi connectivity index (χ1v) is 9.22. The summed E-state index contributed by atoms with van der Waals surface area (Å²) in [4.78, 5) is 6.91. The van der Waals surface area contributed by atoms with Crippen molar-refractivity contribution in [1.29, 1.82) is 0 Å². The van der Waals surface area contributed by atoms with E-state index in [0.717, 1.165) is 6.54 Å². The number of hydrogen-bond donors (Lipinski definition) is 1. The second kappa shape index (κ2) is 5.99. The number of piperidine rings is 1. The number of likely N-dealkylation sites (tertiary alicyclic amines) is 1. The number of hydrogen-bond acceptors (Lipinski definition) is 4. The molecule has 0 spiro atoms. The molecule has 3 nitrogen and oxygen atoms in total. The fourth-order valence-electron chi connectivity index (χ4n) is 4.22. The highest BCUT2D eigenvalue weighted by Gasteiger charge is 2.43. The third-order valence-electron chi connectivity index (χ3n) is 5.73. The monoisotopic (exact) mass is 307 g/mol. The largest absolute Gasteiger partial charge is 0.329 e. The minimum Gasteiger partial charge on any atom is -0.329 e. The zero-order chi connectivity index (χ0) is 15.0. The van der Waals surface area contributed by atoms with Crippen LogP contribution in [0.25, 0.3) is 0 Å². The zero-order valence-corrected chi connectivity index (χ0v) is 14.5. The van der Waals surface area contributed by atoms with Gasteiger partial charge >= 0.3 is 0 Å². The minimum atomic E-state index is 0.213. The van der Waals surface area contributed by atoms with Gasteiger partial charge in [0.15, 0.2) is 0 Å². The SMILES string of the molecule is CC(C)N1CCC(CN)(N2CCc3sccc3C2C)CC1. The molecule has 1 fully saturated rings. The number of rotatable bonds is 3. The molecular weight excluding hydrogens is 278 g/mol. The van der Waals surface area contributed by atoms with E-state index in [2.05, 4.69) is 42.0 Å². The fourth-order valence-corrected chi connectivity index (χ4v) is 5.19. The maximum absolute atomic E-state index is 6.29. The summed E-state index contributed by atoms with van der Waals surface area (Å²) in [6.07, 6.45) is 3.63. The van der Waals surface area contributed by atoms with Gasteiger partial charge in [-0.05, 0) is 57.0 Å². The van der Waals surface area contributed by atoms with Gasteiger partial charge in [-0.25, -0.2) is 0 Å². The van der Waals surface area contributed by atoms with E-state index in [9.17, 15) is 0 Å². The summed E-state index contributed by atoms with van der Waals surface area (Å²) in [6, 6.07) is 3.50. The Morgan fingerprint density at radius 1 is 1.33 bits per heavy atom. The molecule has 1 atom stereocenters. The summed E-state index contributed by atoms with van der Waals surface area (Å²) < 4.78 is 0. The number of nitrogens with zero attached hydrogens (tertiary/aromatic N) is 2. The maximum Gasteiger partial charge on any atom is 0.0362 e. The zero-order valence-electron chi connectivity index (χ0n) is 13.6. The number of fused-ring (bicyclic) bond motifs is 1. The quantitative estimate of drug-likeness (QED) is 0.932. The molecule has 2 aliphatic rings. The normalized spacial score (nSPS) is 27.0. The molecule has 4 heteroatoms. The first kappa shape index (κ1) is 15.5. The summed E-state index contributed by atoms with van der Waals surface area (Å²) in [5.41, 5.74) is 8.05. The van der Waals surface area contributed by atoms with Crippen molar-refractivity contribution in [3.05, 3.63) is 21.9 Å². The predicted molar refractivity (Wildman–Crippen MR) is 90.9 cm³/mol. The lowest BCUT2D eigenvalue weighted by molar-refractivity contribution is -0.0100. The molecule has 3 heterocycles. The molecule has 3 rings (SSSR count). The van der Waals surface area contributed by atoms with Gasteiger partial charge in [0.1, 0.15) is 0 Å². The molecule has 0 radical (unpaired) electrons. The van der Waals surface area contributed by atoms with E-state index in [1.807, 2.05) is 11.3 Å². The Balaban J connectivity index is 1.78. The topological polar surface area (TPSA) is 32.5 Å². The minimum absolute atomic E-state index is 0.213. The third kappa shape index (κ3) is 2.67. The molecule has 0 aromatic carbocycles. The molecule has 2 N–H and O–H groups in total. The van der Waals surface area contributed by atoms with E-state index in [0.29, 0.717) is 12.1 Å². The average molecular weight is 308 g/mol. The van der Waals surface area contributed by atoms with Crippen LogP contribution < -0.4 is 5.73 Å². The van der Waals surface area contributed by atoms with Gasteiger partial charge < -0.3 is 10.6 Å². The maximum atomic E-state index is 6.29. The van der Waals surface area contributed by atoms with Crippen LogP contribution in [0.2, 0.25) is 0 Å². The van der Waals surface area contributed by atoms with Crippen LogP contribution in [-0.2, 0) is 6.42 Å². The lowest BCUT2D eigenvalue weighted by Gasteiger charge is -2.52. The Morgan fingerprint density at radius 3 is 2.67 bits per heavy atom. The van der Waals surface area contributed by atoms with E-state index in [1.54, 1.807) is 10.4 Å². The summed E-state index contributed by atoms with van der Waals surface area (Å²) in [5.74, 6) is 0. The second-order valence-corrected chi connectivity index (χ2v) is 7.98. The van der Waals surface area contributed by atoms with Gasteiger partial charge in [-0.3, -0.25) is 4.90 Å². The van der Waals surface area contributed by atoms with Crippen LogP contribution in [0.4, 0.5) is 0 Å². The summed E-state index contributed by atoms with van der Waals surface area (Å²) in [6.45, 7) is 11.3.